The molecule has 6 heteroatoms. The number of carbonyl (C=O) groups excluding carboxylic acids is 2. The molecule has 2 aromatic carbocycles. The van der Waals surface area contributed by atoms with Gasteiger partial charge < -0.3 is 14.9 Å². The molecule has 0 radical (unpaired) electrons. The summed E-state index contributed by atoms with van der Waals surface area (Å²) < 4.78 is 0. The van der Waals surface area contributed by atoms with Crippen molar-refractivity contribution < 1.29 is 14.7 Å². The Morgan fingerprint density at radius 2 is 1.53 bits per heavy atom. The van der Waals surface area contributed by atoms with Gasteiger partial charge in [-0.3, -0.25) is 9.59 Å². The second kappa shape index (κ2) is 7.75. The number of hydrogen-bond acceptors (Lipinski definition) is 4. The molecule has 0 aromatic heterocycles. The second-order valence-electron chi connectivity index (χ2n) is 9.32. The Labute approximate surface area is 188 Å². The van der Waals surface area contributed by atoms with E-state index in [0.717, 1.165) is 36.0 Å². The van der Waals surface area contributed by atoms with E-state index in [2.05, 4.69) is 12.1 Å². The van der Waals surface area contributed by atoms with Gasteiger partial charge in [0.15, 0.2) is 0 Å². The molecule has 1 aliphatic heterocycles. The van der Waals surface area contributed by atoms with Gasteiger partial charge in [-0.1, -0.05) is 30.3 Å². The summed E-state index contributed by atoms with van der Waals surface area (Å²) in [5.41, 5.74) is 2.28. The highest BCUT2D eigenvalue weighted by Crippen LogP contribution is 2.44. The Morgan fingerprint density at radius 1 is 0.875 bits per heavy atom. The van der Waals surface area contributed by atoms with Crippen molar-refractivity contribution in [3.63, 3.8) is 0 Å². The first kappa shape index (κ1) is 20.7. The molecular weight excluding hydrogens is 402 g/mol. The summed E-state index contributed by atoms with van der Waals surface area (Å²) in [6, 6.07) is 18.3. The Morgan fingerprint density at radius 3 is 2.09 bits per heavy atom. The van der Waals surface area contributed by atoms with Gasteiger partial charge in [-0.05, 0) is 67.0 Å². The van der Waals surface area contributed by atoms with Crippen molar-refractivity contribution in [3.8, 4) is 17.2 Å². The summed E-state index contributed by atoms with van der Waals surface area (Å²) >= 11 is 0. The predicted molar refractivity (Wildman–Crippen MR) is 120 cm³/mol. The lowest BCUT2D eigenvalue weighted by Crippen LogP contribution is -2.53. The Hall–Kier alpha value is -3.17. The molecule has 0 unspecified atom stereocenters. The van der Waals surface area contributed by atoms with Crippen molar-refractivity contribution in [3.05, 3.63) is 59.7 Å². The van der Waals surface area contributed by atoms with E-state index in [1.54, 1.807) is 9.80 Å². The van der Waals surface area contributed by atoms with Gasteiger partial charge in [0.05, 0.1) is 11.5 Å². The topological polar surface area (TPSA) is 84.6 Å². The van der Waals surface area contributed by atoms with Gasteiger partial charge in [0.25, 0.3) is 11.8 Å². The highest BCUT2D eigenvalue weighted by Gasteiger charge is 2.50. The number of piperazine rings is 1. The average molecular weight is 430 g/mol. The van der Waals surface area contributed by atoms with Gasteiger partial charge in [-0.15, -0.1) is 0 Å². The van der Waals surface area contributed by atoms with E-state index >= 15 is 0 Å². The Bertz CT molecular complexity index is 1090. The molecule has 32 heavy (non-hydrogen) atoms. The van der Waals surface area contributed by atoms with Crippen LogP contribution in [0.4, 0.5) is 0 Å². The minimum atomic E-state index is -1.15. The number of nitrogens with zero attached hydrogens (tertiary/aromatic N) is 3. The predicted octanol–water partition coefficient (Wildman–Crippen LogP) is 3.11. The Kier molecular flexibility index (Phi) is 5.02. The SMILES string of the molecule is N#CC1(c2cccc(-c3ccc(C(=O)N4CCN(C(=O)C5(O)CC5)CC4)cc3)c2)CCC1. The van der Waals surface area contributed by atoms with E-state index in [-0.39, 0.29) is 17.2 Å². The number of amides is 2. The van der Waals surface area contributed by atoms with Crippen LogP contribution in [-0.2, 0) is 10.2 Å². The van der Waals surface area contributed by atoms with Crippen molar-refractivity contribution in [2.45, 2.75) is 43.1 Å². The van der Waals surface area contributed by atoms with Crippen molar-refractivity contribution in [1.29, 1.82) is 5.26 Å². The monoisotopic (exact) mass is 429 g/mol. The van der Waals surface area contributed by atoms with E-state index in [9.17, 15) is 20.0 Å². The summed E-state index contributed by atoms with van der Waals surface area (Å²) in [5, 5.41) is 19.7. The largest absolute Gasteiger partial charge is 0.380 e. The highest BCUT2D eigenvalue weighted by atomic mass is 16.3. The molecule has 2 aliphatic carbocycles. The fraction of sp³-hybridized carbons (Fsp3) is 0.423. The standard InChI is InChI=1S/C26H27N3O3/c27-18-25(9-2-10-25)22-4-1-3-21(17-22)19-5-7-20(8-6-19)23(30)28-13-15-29(16-14-28)24(31)26(32)11-12-26/h1,3-8,17,32H,2,9-16H2. The molecule has 6 nitrogen and oxygen atoms in total. The van der Waals surface area contributed by atoms with Crippen LogP contribution in [0.5, 0.6) is 0 Å². The zero-order valence-corrected chi connectivity index (χ0v) is 18.1. The van der Waals surface area contributed by atoms with E-state index < -0.39 is 5.60 Å². The van der Waals surface area contributed by atoms with Crippen LogP contribution >= 0.6 is 0 Å². The van der Waals surface area contributed by atoms with Crippen molar-refractivity contribution in [2.24, 2.45) is 0 Å². The number of rotatable bonds is 4. The molecule has 1 heterocycles. The van der Waals surface area contributed by atoms with E-state index in [1.807, 2.05) is 42.5 Å². The fourth-order valence-corrected chi connectivity index (χ4v) is 4.72. The fourth-order valence-electron chi connectivity index (χ4n) is 4.72. The van der Waals surface area contributed by atoms with Crippen LogP contribution in [0.2, 0.25) is 0 Å². The molecule has 0 bridgehead atoms. The normalized spacial score (nSPS) is 20.8. The quantitative estimate of drug-likeness (QED) is 0.809. The summed E-state index contributed by atoms with van der Waals surface area (Å²) in [6.07, 6.45) is 4.00. The van der Waals surface area contributed by atoms with Gasteiger partial charge >= 0.3 is 0 Å². The minimum absolute atomic E-state index is 0.0413. The van der Waals surface area contributed by atoms with Crippen LogP contribution in [-0.4, -0.2) is 58.5 Å². The third kappa shape index (κ3) is 3.57. The van der Waals surface area contributed by atoms with E-state index in [4.69, 9.17) is 0 Å². The maximum Gasteiger partial charge on any atom is 0.254 e. The number of benzene rings is 2. The molecule has 5 rings (SSSR count). The number of nitriles is 1. The third-order valence-electron chi connectivity index (χ3n) is 7.28. The van der Waals surface area contributed by atoms with Gasteiger partial charge in [0.2, 0.25) is 0 Å². The molecule has 2 amide bonds. The van der Waals surface area contributed by atoms with E-state index in [0.29, 0.717) is 44.6 Å². The smallest absolute Gasteiger partial charge is 0.254 e. The lowest BCUT2D eigenvalue weighted by Gasteiger charge is -2.36. The molecule has 1 N–H and O–H groups in total. The summed E-state index contributed by atoms with van der Waals surface area (Å²) in [5.74, 6) is -0.239. The van der Waals surface area contributed by atoms with E-state index in [1.165, 1.54) is 0 Å². The molecular formula is C26H27N3O3. The molecule has 1 saturated heterocycles. The number of hydrogen-bond donors (Lipinski definition) is 1. The van der Waals surface area contributed by atoms with Gasteiger partial charge in [-0.25, -0.2) is 0 Å². The van der Waals surface area contributed by atoms with Crippen LogP contribution < -0.4 is 0 Å². The van der Waals surface area contributed by atoms with Crippen LogP contribution in [0.3, 0.4) is 0 Å². The van der Waals surface area contributed by atoms with Gasteiger partial charge in [0.1, 0.15) is 5.60 Å². The number of carbonyl (C=O) groups is 2. The first-order valence-corrected chi connectivity index (χ1v) is 11.4. The van der Waals surface area contributed by atoms with Crippen molar-refractivity contribution >= 4 is 11.8 Å². The van der Waals surface area contributed by atoms with Crippen LogP contribution in [0.1, 0.15) is 48.0 Å². The third-order valence-corrected chi connectivity index (χ3v) is 7.28. The zero-order chi connectivity index (χ0) is 22.3. The average Bonchev–Trinajstić information content (AvgIpc) is 3.57. The molecule has 3 aliphatic rings. The van der Waals surface area contributed by atoms with Crippen LogP contribution in [0.15, 0.2) is 48.5 Å². The van der Waals surface area contributed by atoms with Crippen molar-refractivity contribution in [1.82, 2.24) is 9.80 Å². The molecule has 2 saturated carbocycles. The first-order chi connectivity index (χ1) is 15.4. The van der Waals surface area contributed by atoms with Crippen LogP contribution in [0.25, 0.3) is 11.1 Å². The number of aliphatic hydroxyl groups is 1. The maximum atomic E-state index is 12.9. The zero-order valence-electron chi connectivity index (χ0n) is 18.1. The maximum absolute atomic E-state index is 12.9. The lowest BCUT2D eigenvalue weighted by atomic mass is 9.65. The molecule has 164 valence electrons. The first-order valence-electron chi connectivity index (χ1n) is 11.4. The minimum Gasteiger partial charge on any atom is -0.380 e. The van der Waals surface area contributed by atoms with Crippen LogP contribution in [0, 0.1) is 11.3 Å². The van der Waals surface area contributed by atoms with Crippen molar-refractivity contribution in [2.75, 3.05) is 26.2 Å². The Balaban J connectivity index is 1.25. The summed E-state index contributed by atoms with van der Waals surface area (Å²) in [6.45, 7) is 1.86. The summed E-state index contributed by atoms with van der Waals surface area (Å²) in [7, 11) is 0. The molecule has 0 atom stereocenters. The molecule has 0 spiro atoms. The second-order valence-corrected chi connectivity index (χ2v) is 9.32. The van der Waals surface area contributed by atoms with Gasteiger partial charge in [-0.2, -0.15) is 5.26 Å². The molecule has 3 fully saturated rings. The lowest BCUT2D eigenvalue weighted by molar-refractivity contribution is -0.143. The summed E-state index contributed by atoms with van der Waals surface area (Å²) in [4.78, 5) is 28.7. The molecule has 2 aromatic rings. The highest BCUT2D eigenvalue weighted by molar-refractivity contribution is 5.95. The van der Waals surface area contributed by atoms with Gasteiger partial charge in [0, 0.05) is 31.7 Å².